The molecule has 1 aliphatic heterocycles. The number of allylic oxidation sites excluding steroid dienone is 2. The zero-order chi connectivity index (χ0) is 57.8. The third-order valence-electron chi connectivity index (χ3n) is 17.2. The van der Waals surface area contributed by atoms with Crippen LogP contribution in [0.5, 0.6) is 0 Å². The highest BCUT2D eigenvalue weighted by molar-refractivity contribution is 5.98. The van der Waals surface area contributed by atoms with E-state index in [9.17, 15) is 34.2 Å². The summed E-state index contributed by atoms with van der Waals surface area (Å²) >= 11 is 0. The van der Waals surface area contributed by atoms with E-state index in [2.05, 4.69) is 26.1 Å². The van der Waals surface area contributed by atoms with Crippen LogP contribution in [0.25, 0.3) is 28.0 Å². The minimum absolute atomic E-state index is 0. The van der Waals surface area contributed by atoms with Crippen molar-refractivity contribution in [2.45, 2.75) is 116 Å². The largest absolute Gasteiger partial charge is 0.481 e. The first-order chi connectivity index (χ1) is 37.4. The lowest BCUT2D eigenvalue weighted by Gasteiger charge is -2.83. The van der Waals surface area contributed by atoms with Crippen molar-refractivity contribution >= 4 is 69.0 Å². The number of ether oxygens (including phenoxy) is 3. The maximum Gasteiger partial charge on any atom is 0.335 e. The molecule has 2 heterocycles. The van der Waals surface area contributed by atoms with Crippen molar-refractivity contribution in [1.82, 2.24) is 5.32 Å². The van der Waals surface area contributed by atoms with Gasteiger partial charge in [-0.25, -0.2) is 4.79 Å². The first-order valence-electron chi connectivity index (χ1n) is 26.6. The fourth-order valence-electron chi connectivity index (χ4n) is 13.3. The lowest BCUT2D eigenvalue weighted by Crippen LogP contribution is -2.88. The number of methoxy groups -OCH3 is 2. The van der Waals surface area contributed by atoms with E-state index in [1.54, 1.807) is 50.6 Å². The van der Waals surface area contributed by atoms with Crippen LogP contribution >= 0.6 is 0 Å². The van der Waals surface area contributed by atoms with Gasteiger partial charge in [-0.1, -0.05) is 80.6 Å². The Bertz CT molecular complexity index is 3200. The van der Waals surface area contributed by atoms with Crippen LogP contribution in [0.3, 0.4) is 0 Å². The number of fused-ring (bicyclic) bond motifs is 3. The molecular formula is C63H79N3O14. The van der Waals surface area contributed by atoms with Crippen molar-refractivity contribution < 1.29 is 63.0 Å². The first-order valence-corrected chi connectivity index (χ1v) is 26.6. The van der Waals surface area contributed by atoms with E-state index in [-0.39, 0.29) is 55.0 Å². The Kier molecular flexibility index (Phi) is 19.5. The number of carbonyl (C=O) groups excluding carboxylic acids is 2. The number of benzene rings is 4. The van der Waals surface area contributed by atoms with Gasteiger partial charge in [0.25, 0.3) is 5.97 Å². The number of aromatic carboxylic acids is 1. The summed E-state index contributed by atoms with van der Waals surface area (Å²) < 4.78 is 23.8. The number of aliphatic carboxylic acids is 2. The predicted molar refractivity (Wildman–Crippen MR) is 309 cm³/mol. The van der Waals surface area contributed by atoms with E-state index in [1.165, 1.54) is 5.57 Å². The number of carbonyl (C=O) groups is 5. The molecule has 9 atom stereocenters. The maximum atomic E-state index is 13.9. The summed E-state index contributed by atoms with van der Waals surface area (Å²) in [6, 6.07) is 26.2. The van der Waals surface area contributed by atoms with E-state index < -0.39 is 46.5 Å². The number of nitrogens with zero attached hydrogens (tertiary/aromatic N) is 2. The van der Waals surface area contributed by atoms with Crippen LogP contribution in [-0.2, 0) is 33.4 Å². The summed E-state index contributed by atoms with van der Waals surface area (Å²) in [4.78, 5) is 74.4. The molecule has 17 nitrogen and oxygen atoms in total. The van der Waals surface area contributed by atoms with Gasteiger partial charge in [0.05, 0.1) is 58.6 Å². The molecule has 4 fully saturated rings. The van der Waals surface area contributed by atoms with Gasteiger partial charge >= 0.3 is 11.9 Å². The number of nitrogens with one attached hydrogen (secondary N) is 1. The Balaban J connectivity index is 0.000000218. The SMILES string of the molecule is C.CC(=O)O.CN(C)c1ccc2c(=O)c3c(/C=C/CCCC(=O)NC(CC(=O)O)c4ccccc4)cc(N(C)C)cc3oc2c1.COC1C(=O)C2(C)C(OC)CC3OCC3C23CC2(O)CCC(C)=C1C23C.O=C(O)c1ccccc1. The smallest absolute Gasteiger partial charge is 0.335 e. The van der Waals surface area contributed by atoms with Crippen LogP contribution in [0.1, 0.15) is 114 Å². The molecule has 430 valence electrons. The molecule has 1 amide bonds. The number of hydrogen-bond acceptors (Lipinski definition) is 13. The molecule has 5 N–H and O–H groups in total. The highest BCUT2D eigenvalue weighted by Gasteiger charge is 2.88. The van der Waals surface area contributed by atoms with Gasteiger partial charge in [0.1, 0.15) is 17.3 Å². The number of aliphatic hydroxyl groups is 1. The van der Waals surface area contributed by atoms with Crippen LogP contribution in [0, 0.1) is 22.2 Å². The normalized spacial score (nSPS) is 26.1. The van der Waals surface area contributed by atoms with Crippen molar-refractivity contribution in [2.75, 3.05) is 58.8 Å². The molecule has 1 saturated heterocycles. The Morgan fingerprint density at radius 3 is 2.04 bits per heavy atom. The number of rotatable bonds is 14. The fourth-order valence-corrected chi connectivity index (χ4v) is 13.3. The third kappa shape index (κ3) is 11.4. The Hall–Kier alpha value is -7.18. The fraction of sp³-hybridized carbons (Fsp3) is 0.460. The molecule has 3 saturated carbocycles. The van der Waals surface area contributed by atoms with Gasteiger partial charge in [-0.3, -0.25) is 24.0 Å². The zero-order valence-corrected chi connectivity index (χ0v) is 46.8. The van der Waals surface area contributed by atoms with Gasteiger partial charge in [0.2, 0.25) is 11.3 Å². The number of anilines is 2. The minimum atomic E-state index is -0.973. The Morgan fingerprint density at radius 2 is 1.49 bits per heavy atom. The molecule has 17 heteroatoms. The van der Waals surface area contributed by atoms with Crippen molar-refractivity contribution in [3.8, 4) is 0 Å². The molecule has 4 aliphatic carbocycles. The average Bonchev–Trinajstić information content (AvgIpc) is 3.42. The van der Waals surface area contributed by atoms with Crippen LogP contribution < -0.4 is 20.5 Å². The monoisotopic (exact) mass is 1100 g/mol. The van der Waals surface area contributed by atoms with Crippen molar-refractivity contribution in [3.05, 3.63) is 135 Å². The van der Waals surface area contributed by atoms with Gasteiger partial charge in [0.15, 0.2) is 5.78 Å². The van der Waals surface area contributed by atoms with Gasteiger partial charge < -0.3 is 54.2 Å². The van der Waals surface area contributed by atoms with Gasteiger partial charge in [-0.05, 0) is 93.0 Å². The molecule has 4 aromatic carbocycles. The van der Waals surface area contributed by atoms with Crippen molar-refractivity contribution in [1.29, 1.82) is 0 Å². The standard InChI is InChI=1S/C32H35N3O5.C21H30O5.C7H6O2.C2H4O2.CH4/c1-34(2)23-15-16-25-27(18-23)40-28-19-24(35(3)4)17-22(31(28)32(25)39)13-9-6-10-14-29(36)33-26(20-30(37)38)21-11-7-5-8-12-21;1-11-6-7-20(23)10-21-12-9-26-13(12)8-14(24-4)18(21,2)17(22)16(25-5)15(11)19(20,21)3;8-7(9)6-4-2-1-3-5-6;1-2(3)4;/h5,7-9,11-13,15-19,26H,6,10,14,20H2,1-4H3,(H,33,36)(H,37,38);12-14,16,23H,6-10H2,1-5H3;1-5H,(H,8,9);1H3,(H,3,4);1H4/b13-9+;;;;. The molecule has 0 bridgehead atoms. The van der Waals surface area contributed by atoms with Gasteiger partial charge in [-0.2, -0.15) is 0 Å². The van der Waals surface area contributed by atoms with Crippen LogP contribution in [0.2, 0.25) is 0 Å². The molecule has 80 heavy (non-hydrogen) atoms. The van der Waals surface area contributed by atoms with Crippen molar-refractivity contribution in [2.24, 2.45) is 22.2 Å². The third-order valence-corrected chi connectivity index (χ3v) is 17.2. The van der Waals surface area contributed by atoms with Crippen LogP contribution in [-0.4, -0.2) is 123 Å². The van der Waals surface area contributed by atoms with E-state index in [0.29, 0.717) is 59.3 Å². The summed E-state index contributed by atoms with van der Waals surface area (Å²) in [5.74, 6) is -2.46. The molecule has 5 aromatic rings. The summed E-state index contributed by atoms with van der Waals surface area (Å²) in [6.45, 7) is 8.15. The van der Waals surface area contributed by atoms with Crippen LogP contribution in [0.4, 0.5) is 11.4 Å². The topological polar surface area (TPSA) is 243 Å². The number of carboxylic acids is 3. The average molecular weight is 1100 g/mol. The summed E-state index contributed by atoms with van der Waals surface area (Å²) in [5, 5.41) is 40.6. The lowest BCUT2D eigenvalue weighted by molar-refractivity contribution is -0.387. The quantitative estimate of drug-likeness (QED) is 0.0395. The highest BCUT2D eigenvalue weighted by atomic mass is 16.5. The van der Waals surface area contributed by atoms with Gasteiger partial charge in [-0.15, -0.1) is 0 Å². The lowest BCUT2D eigenvalue weighted by atomic mass is 9.22. The highest BCUT2D eigenvalue weighted by Crippen LogP contribution is 2.84. The second-order valence-electron chi connectivity index (χ2n) is 22.0. The molecule has 1 aromatic heterocycles. The van der Waals surface area contributed by atoms with E-state index >= 15 is 0 Å². The summed E-state index contributed by atoms with van der Waals surface area (Å²) in [6.07, 6.45) is 7.46. The minimum Gasteiger partial charge on any atom is -0.481 e. The predicted octanol–water partition coefficient (Wildman–Crippen LogP) is 9.97. The molecule has 0 radical (unpaired) electrons. The van der Waals surface area contributed by atoms with E-state index in [0.717, 1.165) is 54.3 Å². The maximum absolute atomic E-state index is 13.9. The second kappa shape index (κ2) is 25.1. The molecule has 10 rings (SSSR count). The number of ketones is 1. The first kappa shape index (κ1) is 62.0. The Morgan fingerprint density at radius 1 is 0.863 bits per heavy atom. The van der Waals surface area contributed by atoms with Gasteiger partial charge in [0, 0.05) is 102 Å². The van der Waals surface area contributed by atoms with Crippen molar-refractivity contribution in [3.63, 3.8) is 0 Å². The number of hydrogen-bond donors (Lipinski definition) is 5. The number of unbranched alkanes of at least 4 members (excludes halogenated alkanes) is 1. The summed E-state index contributed by atoms with van der Waals surface area (Å²) in [5.41, 5.74) is 4.71. The van der Waals surface area contributed by atoms with E-state index in [1.807, 2.05) is 105 Å². The number of Topliss-reactive ketones (excluding diaryl/α,β-unsaturated/α-hetero) is 1. The number of carboxylic acid groups (broad SMARTS) is 3. The summed E-state index contributed by atoms with van der Waals surface area (Å²) in [7, 11) is 11.1. The molecule has 5 aliphatic rings. The second-order valence-corrected chi connectivity index (χ2v) is 22.0. The number of amides is 1. The Labute approximate surface area is 468 Å². The molecule has 1 spiro atoms. The van der Waals surface area contributed by atoms with Crippen LogP contribution in [0.15, 0.2) is 117 Å². The van der Waals surface area contributed by atoms with E-state index in [4.69, 9.17) is 33.6 Å². The molecular weight excluding hydrogens is 1020 g/mol. The zero-order valence-electron chi connectivity index (χ0n) is 46.8. The molecule has 9 unspecified atom stereocenters.